The summed E-state index contributed by atoms with van der Waals surface area (Å²) in [6.45, 7) is 2.24. The van der Waals surface area contributed by atoms with Gasteiger partial charge in [0.05, 0.1) is 12.6 Å². The Morgan fingerprint density at radius 3 is 2.69 bits per heavy atom. The van der Waals surface area contributed by atoms with Crippen LogP contribution in [-0.4, -0.2) is 43.7 Å². The fraction of sp³-hybridized carbons (Fsp3) is 0.526. The Kier molecular flexibility index (Phi) is 6.32. The number of hydrogen-bond donors (Lipinski definition) is 1. The van der Waals surface area contributed by atoms with E-state index in [9.17, 15) is 9.90 Å². The summed E-state index contributed by atoms with van der Waals surface area (Å²) < 4.78 is 5.62. The first kappa shape index (κ1) is 19.3. The maximum atomic E-state index is 12.7. The van der Waals surface area contributed by atoms with Gasteiger partial charge in [-0.1, -0.05) is 61.8 Å². The highest BCUT2D eigenvalue weighted by Gasteiger charge is 2.56. The van der Waals surface area contributed by atoms with Crippen molar-refractivity contribution in [3.63, 3.8) is 0 Å². The van der Waals surface area contributed by atoms with Crippen molar-refractivity contribution in [1.82, 2.24) is 4.90 Å². The molecule has 1 aliphatic carbocycles. The van der Waals surface area contributed by atoms with Crippen LogP contribution < -0.4 is 0 Å². The van der Waals surface area contributed by atoms with Gasteiger partial charge < -0.3 is 14.7 Å². The van der Waals surface area contributed by atoms with Gasteiger partial charge in [-0.15, -0.1) is 0 Å². The quantitative estimate of drug-likeness (QED) is 0.611. The number of aliphatic imine (C=N–C) groups is 1. The maximum absolute atomic E-state index is 12.7. The van der Waals surface area contributed by atoms with Gasteiger partial charge in [0.2, 0.25) is 0 Å². The van der Waals surface area contributed by atoms with Crippen molar-refractivity contribution < 1.29 is 14.6 Å². The van der Waals surface area contributed by atoms with Crippen LogP contribution >= 0.6 is 24.0 Å². The predicted octanol–water partition coefficient (Wildman–Crippen LogP) is 3.50. The van der Waals surface area contributed by atoms with Gasteiger partial charge in [0, 0.05) is 6.54 Å². The standard InChI is InChI=1S/C19H24N2O3S2/c1-2-24-17(22)19(23)16(20-15-11-7-4-8-12-15)26-18(25)21(19)13-14-9-5-3-6-10-14/h3,5-6,9-10,15,23H,2,4,7-8,11-13H2,1H3. The van der Waals surface area contributed by atoms with E-state index < -0.39 is 11.7 Å². The van der Waals surface area contributed by atoms with E-state index in [2.05, 4.69) is 0 Å². The second-order valence-corrected chi connectivity index (χ2v) is 8.18. The summed E-state index contributed by atoms with van der Waals surface area (Å²) in [6.07, 6.45) is 5.43. The summed E-state index contributed by atoms with van der Waals surface area (Å²) >= 11 is 6.68. The SMILES string of the molecule is CCOC(=O)C1(O)C(=NC2CCCCC2)SC(=S)N1Cc1ccccc1. The summed E-state index contributed by atoms with van der Waals surface area (Å²) in [7, 11) is 0. The van der Waals surface area contributed by atoms with Crippen LogP contribution in [0.2, 0.25) is 0 Å². The molecular weight excluding hydrogens is 368 g/mol. The molecule has 2 aliphatic rings. The van der Waals surface area contributed by atoms with Crippen LogP contribution in [0.15, 0.2) is 35.3 Å². The fourth-order valence-electron chi connectivity index (χ4n) is 3.32. The second kappa shape index (κ2) is 8.50. The highest BCUT2D eigenvalue weighted by Crippen LogP contribution is 2.38. The minimum atomic E-state index is -1.94. The van der Waals surface area contributed by atoms with E-state index in [4.69, 9.17) is 21.9 Å². The van der Waals surface area contributed by atoms with Crippen LogP contribution in [0.25, 0.3) is 0 Å². The number of carbonyl (C=O) groups excluding carboxylic acids is 1. The largest absolute Gasteiger partial charge is 0.462 e. The van der Waals surface area contributed by atoms with Crippen molar-refractivity contribution in [3.8, 4) is 0 Å². The molecule has 0 aromatic heterocycles. The number of benzene rings is 1. The number of aliphatic hydroxyl groups is 1. The molecule has 1 saturated heterocycles. The highest BCUT2D eigenvalue weighted by atomic mass is 32.2. The van der Waals surface area contributed by atoms with Gasteiger partial charge >= 0.3 is 5.97 Å². The van der Waals surface area contributed by atoms with Gasteiger partial charge in [-0.2, -0.15) is 0 Å². The Hall–Kier alpha value is -1.44. The summed E-state index contributed by atoms with van der Waals surface area (Å²) in [5.74, 6) is -0.710. The van der Waals surface area contributed by atoms with Gasteiger partial charge in [-0.3, -0.25) is 4.99 Å². The molecule has 26 heavy (non-hydrogen) atoms. The van der Waals surface area contributed by atoms with E-state index in [1.54, 1.807) is 6.92 Å². The molecule has 140 valence electrons. The van der Waals surface area contributed by atoms with Crippen LogP contribution in [-0.2, 0) is 16.1 Å². The first-order valence-electron chi connectivity index (χ1n) is 9.07. The van der Waals surface area contributed by atoms with Gasteiger partial charge in [0.25, 0.3) is 5.72 Å². The maximum Gasteiger partial charge on any atom is 0.367 e. The van der Waals surface area contributed by atoms with Gasteiger partial charge in [0.1, 0.15) is 9.36 Å². The molecule has 1 N–H and O–H groups in total. The third-order valence-electron chi connectivity index (χ3n) is 4.71. The predicted molar refractivity (Wildman–Crippen MR) is 108 cm³/mol. The molecular formula is C19H24N2O3S2. The van der Waals surface area contributed by atoms with E-state index >= 15 is 0 Å². The average molecular weight is 393 g/mol. The third-order valence-corrected chi connectivity index (χ3v) is 6.16. The van der Waals surface area contributed by atoms with Crippen LogP contribution in [0.4, 0.5) is 0 Å². The zero-order valence-corrected chi connectivity index (χ0v) is 16.5. The molecule has 1 heterocycles. The summed E-state index contributed by atoms with van der Waals surface area (Å²) in [6, 6.07) is 9.77. The van der Waals surface area contributed by atoms with Crippen molar-refractivity contribution in [1.29, 1.82) is 0 Å². The van der Waals surface area contributed by atoms with E-state index in [1.807, 2.05) is 30.3 Å². The van der Waals surface area contributed by atoms with Crippen LogP contribution in [0, 0.1) is 0 Å². The Bertz CT molecular complexity index is 689. The van der Waals surface area contributed by atoms with Crippen LogP contribution in [0.3, 0.4) is 0 Å². The van der Waals surface area contributed by atoms with E-state index in [-0.39, 0.29) is 12.6 Å². The first-order chi connectivity index (χ1) is 12.6. The molecule has 2 fully saturated rings. The van der Waals surface area contributed by atoms with Gasteiger partial charge in [-0.05, 0) is 37.1 Å². The Morgan fingerprint density at radius 1 is 1.35 bits per heavy atom. The van der Waals surface area contributed by atoms with Crippen molar-refractivity contribution in [2.24, 2.45) is 4.99 Å². The number of esters is 1. The molecule has 0 amide bonds. The van der Waals surface area contributed by atoms with E-state index in [0.29, 0.717) is 15.9 Å². The smallest absolute Gasteiger partial charge is 0.367 e. The average Bonchev–Trinajstić information content (AvgIpc) is 2.89. The molecule has 1 unspecified atom stereocenters. The van der Waals surface area contributed by atoms with E-state index in [1.165, 1.54) is 23.1 Å². The molecule has 0 bridgehead atoms. The van der Waals surface area contributed by atoms with Crippen LogP contribution in [0.1, 0.15) is 44.6 Å². The van der Waals surface area contributed by atoms with Gasteiger partial charge in [-0.25, -0.2) is 4.79 Å². The Balaban J connectivity index is 1.93. The molecule has 5 nitrogen and oxygen atoms in total. The zero-order chi connectivity index (χ0) is 18.6. The molecule has 1 aliphatic heterocycles. The third kappa shape index (κ3) is 3.94. The lowest BCUT2D eigenvalue weighted by molar-refractivity contribution is -0.168. The first-order valence-corrected chi connectivity index (χ1v) is 10.3. The minimum absolute atomic E-state index is 0.131. The molecule has 1 atom stereocenters. The molecule has 1 aromatic carbocycles. The number of hydrogen-bond acceptors (Lipinski definition) is 6. The normalized spacial score (nSPS) is 25.7. The molecule has 1 aromatic rings. The van der Waals surface area contributed by atoms with Crippen LogP contribution in [0.5, 0.6) is 0 Å². The van der Waals surface area contributed by atoms with E-state index in [0.717, 1.165) is 31.2 Å². The van der Waals surface area contributed by atoms with Gasteiger partial charge in [0.15, 0.2) is 0 Å². The zero-order valence-electron chi connectivity index (χ0n) is 14.9. The van der Waals surface area contributed by atoms with Crippen molar-refractivity contribution in [3.05, 3.63) is 35.9 Å². The molecule has 1 saturated carbocycles. The van der Waals surface area contributed by atoms with Crippen molar-refractivity contribution in [2.75, 3.05) is 6.61 Å². The molecule has 7 heteroatoms. The number of nitrogens with zero attached hydrogens (tertiary/aromatic N) is 2. The highest BCUT2D eigenvalue weighted by molar-refractivity contribution is 8.33. The molecule has 3 rings (SSSR count). The summed E-state index contributed by atoms with van der Waals surface area (Å²) in [4.78, 5) is 19.0. The summed E-state index contributed by atoms with van der Waals surface area (Å²) in [5.41, 5.74) is -0.984. The molecule has 0 spiro atoms. The number of thiocarbonyl (C=S) groups is 1. The Labute approximate surface area is 163 Å². The lowest BCUT2D eigenvalue weighted by atomic mass is 9.96. The van der Waals surface area contributed by atoms with Crippen molar-refractivity contribution in [2.45, 2.75) is 57.3 Å². The topological polar surface area (TPSA) is 62.1 Å². The lowest BCUT2D eigenvalue weighted by Crippen LogP contribution is -2.56. The second-order valence-electron chi connectivity index (χ2n) is 6.56. The fourth-order valence-corrected chi connectivity index (χ4v) is 4.77. The summed E-state index contributed by atoms with van der Waals surface area (Å²) in [5, 5.41) is 11.7. The minimum Gasteiger partial charge on any atom is -0.462 e. The number of thioether (sulfide) groups is 1. The number of rotatable bonds is 5. The lowest BCUT2D eigenvalue weighted by Gasteiger charge is -2.32. The number of ether oxygens (including phenoxy) is 1. The monoisotopic (exact) mass is 392 g/mol. The Morgan fingerprint density at radius 2 is 2.04 bits per heavy atom. The van der Waals surface area contributed by atoms with Crippen molar-refractivity contribution >= 4 is 39.3 Å². The molecule has 0 radical (unpaired) electrons. The number of carbonyl (C=O) groups is 1.